The minimum absolute atomic E-state index is 0.0441. The third kappa shape index (κ3) is 5.63. The minimum Gasteiger partial charge on any atom is -0.311 e. The van der Waals surface area contributed by atoms with Gasteiger partial charge in [0.2, 0.25) is 0 Å². The van der Waals surface area contributed by atoms with E-state index in [2.05, 4.69) is 247 Å². The fourth-order valence-corrected chi connectivity index (χ4v) is 11.7. The first-order chi connectivity index (χ1) is 31.0. The monoisotopic (exact) mass is 821 g/mol. The average Bonchev–Trinajstić information content (AvgIpc) is 3.82. The number of anilines is 3. The lowest BCUT2D eigenvalue weighted by molar-refractivity contribution is 0.660. The summed E-state index contributed by atoms with van der Waals surface area (Å²) in [5, 5.41) is 0. The molecule has 9 aromatic rings. The molecule has 3 aliphatic rings. The molecular weight excluding hydrogens is 771 g/mol. The Kier molecular flexibility index (Phi) is 8.35. The van der Waals surface area contributed by atoms with Crippen molar-refractivity contribution in [2.75, 3.05) is 4.90 Å². The van der Waals surface area contributed by atoms with E-state index < -0.39 is 0 Å². The Morgan fingerprint density at radius 3 is 1.03 bits per heavy atom. The van der Waals surface area contributed by atoms with Crippen molar-refractivity contribution in [2.45, 2.75) is 57.8 Å². The Hall–Kier alpha value is -7.22. The summed E-state index contributed by atoms with van der Waals surface area (Å²) in [7, 11) is 0. The van der Waals surface area contributed by atoms with Gasteiger partial charge in [-0.05, 0) is 149 Å². The molecule has 0 aromatic heterocycles. The van der Waals surface area contributed by atoms with Crippen LogP contribution in [0.2, 0.25) is 0 Å². The van der Waals surface area contributed by atoms with Gasteiger partial charge in [0.15, 0.2) is 0 Å². The molecule has 0 spiro atoms. The highest BCUT2D eigenvalue weighted by Crippen LogP contribution is 2.54. The van der Waals surface area contributed by atoms with Gasteiger partial charge in [0.05, 0.1) is 0 Å². The Labute approximate surface area is 378 Å². The molecule has 0 fully saturated rings. The van der Waals surface area contributed by atoms with Crippen molar-refractivity contribution in [3.05, 3.63) is 234 Å². The summed E-state index contributed by atoms with van der Waals surface area (Å²) in [4.78, 5) is 2.40. The van der Waals surface area contributed by atoms with Gasteiger partial charge >= 0.3 is 0 Å². The molecule has 12 rings (SSSR count). The van der Waals surface area contributed by atoms with E-state index >= 15 is 0 Å². The average molecular weight is 822 g/mol. The van der Waals surface area contributed by atoms with E-state index in [1.165, 1.54) is 100 Å². The summed E-state index contributed by atoms with van der Waals surface area (Å²) in [5.41, 5.74) is 27.1. The quantitative estimate of drug-likeness (QED) is 0.161. The molecular formula is C63H51N. The maximum absolute atomic E-state index is 2.42. The fourth-order valence-electron chi connectivity index (χ4n) is 11.7. The molecule has 64 heavy (non-hydrogen) atoms. The third-order valence-electron chi connectivity index (χ3n) is 15.1. The maximum atomic E-state index is 2.42. The van der Waals surface area contributed by atoms with E-state index in [1.807, 2.05) is 0 Å². The summed E-state index contributed by atoms with van der Waals surface area (Å²) < 4.78 is 0. The van der Waals surface area contributed by atoms with Crippen molar-refractivity contribution in [1.82, 2.24) is 0 Å². The standard InChI is InChI=1S/C63H51N/c1-61(2)55-19-10-7-14-49(55)52-36-28-43(38-58(52)61)40-22-30-45(31-23-40)64(46-32-24-41(25-33-46)44-29-37-53-50-15-8-11-20-56(50)62(3,4)59(53)39-44)47-34-26-42(27-35-47)48-17-13-18-54-51-16-9-12-21-57(51)63(5,6)60(48)54/h7-39H,1-6H3. The predicted molar refractivity (Wildman–Crippen MR) is 270 cm³/mol. The van der Waals surface area contributed by atoms with Crippen LogP contribution >= 0.6 is 0 Å². The molecule has 1 heteroatoms. The van der Waals surface area contributed by atoms with E-state index in [1.54, 1.807) is 0 Å². The predicted octanol–water partition coefficient (Wildman–Crippen LogP) is 17.1. The highest BCUT2D eigenvalue weighted by atomic mass is 15.1. The van der Waals surface area contributed by atoms with Crippen LogP contribution in [0.15, 0.2) is 200 Å². The number of rotatable bonds is 6. The van der Waals surface area contributed by atoms with Gasteiger partial charge < -0.3 is 4.90 Å². The van der Waals surface area contributed by atoms with Gasteiger partial charge in [-0.1, -0.05) is 193 Å². The van der Waals surface area contributed by atoms with Crippen LogP contribution in [0, 0.1) is 0 Å². The first-order valence-electron chi connectivity index (χ1n) is 22.8. The second-order valence-corrected chi connectivity index (χ2v) is 19.7. The van der Waals surface area contributed by atoms with Crippen LogP contribution in [0.25, 0.3) is 66.8 Å². The summed E-state index contributed by atoms with van der Waals surface area (Å²) in [6.07, 6.45) is 0. The lowest BCUT2D eigenvalue weighted by atomic mass is 9.79. The van der Waals surface area contributed by atoms with Crippen LogP contribution in [-0.4, -0.2) is 0 Å². The Bertz CT molecular complexity index is 3170. The van der Waals surface area contributed by atoms with Crippen LogP contribution in [0.5, 0.6) is 0 Å². The molecule has 0 heterocycles. The molecule has 0 radical (unpaired) electrons. The molecule has 0 atom stereocenters. The number of hydrogen-bond acceptors (Lipinski definition) is 1. The van der Waals surface area contributed by atoms with E-state index in [9.17, 15) is 0 Å². The van der Waals surface area contributed by atoms with Gasteiger partial charge in [-0.15, -0.1) is 0 Å². The zero-order chi connectivity index (χ0) is 43.5. The smallest absolute Gasteiger partial charge is 0.0462 e. The second-order valence-electron chi connectivity index (χ2n) is 19.7. The second kappa shape index (κ2) is 13.9. The highest BCUT2D eigenvalue weighted by Gasteiger charge is 2.38. The van der Waals surface area contributed by atoms with Crippen molar-refractivity contribution < 1.29 is 0 Å². The molecule has 1 nitrogen and oxygen atoms in total. The van der Waals surface area contributed by atoms with Gasteiger partial charge in [-0.3, -0.25) is 0 Å². The van der Waals surface area contributed by atoms with E-state index in [0.29, 0.717) is 0 Å². The fraction of sp³-hybridized carbons (Fsp3) is 0.143. The zero-order valence-electron chi connectivity index (χ0n) is 37.5. The Morgan fingerprint density at radius 1 is 0.250 bits per heavy atom. The molecule has 0 saturated carbocycles. The molecule has 0 aliphatic heterocycles. The SMILES string of the molecule is CC1(C)c2ccccc2-c2ccc(-c3ccc(N(c4ccc(-c5ccc6c(c5)C(C)(C)c5ccccc5-6)cc4)c4ccc(-c5cccc6c5C(C)(C)c5ccccc5-6)cc4)cc3)cc21. The van der Waals surface area contributed by atoms with Crippen LogP contribution in [-0.2, 0) is 16.2 Å². The first kappa shape index (κ1) is 38.5. The van der Waals surface area contributed by atoms with E-state index in [0.717, 1.165) is 17.1 Å². The van der Waals surface area contributed by atoms with Gasteiger partial charge in [0.25, 0.3) is 0 Å². The van der Waals surface area contributed by atoms with Gasteiger partial charge in [-0.2, -0.15) is 0 Å². The molecule has 0 N–H and O–H groups in total. The normalized spacial score (nSPS) is 15.1. The minimum atomic E-state index is -0.0894. The summed E-state index contributed by atoms with van der Waals surface area (Å²) in [6, 6.07) is 75.1. The van der Waals surface area contributed by atoms with Crippen molar-refractivity contribution in [1.29, 1.82) is 0 Å². The molecule has 0 saturated heterocycles. The summed E-state index contributed by atoms with van der Waals surface area (Å²) in [5.74, 6) is 0. The molecule has 0 amide bonds. The van der Waals surface area contributed by atoms with Crippen LogP contribution < -0.4 is 4.90 Å². The topological polar surface area (TPSA) is 3.24 Å². The van der Waals surface area contributed by atoms with Gasteiger partial charge in [-0.25, -0.2) is 0 Å². The van der Waals surface area contributed by atoms with Crippen molar-refractivity contribution in [3.8, 4) is 66.8 Å². The van der Waals surface area contributed by atoms with Crippen molar-refractivity contribution in [2.24, 2.45) is 0 Å². The molecule has 3 aliphatic carbocycles. The van der Waals surface area contributed by atoms with E-state index in [4.69, 9.17) is 0 Å². The number of benzene rings is 9. The van der Waals surface area contributed by atoms with Crippen molar-refractivity contribution in [3.63, 3.8) is 0 Å². The molecule has 0 bridgehead atoms. The summed E-state index contributed by atoms with van der Waals surface area (Å²) in [6.45, 7) is 14.2. The molecule has 308 valence electrons. The molecule has 9 aromatic carbocycles. The highest BCUT2D eigenvalue weighted by molar-refractivity contribution is 5.90. The zero-order valence-corrected chi connectivity index (χ0v) is 37.5. The lowest BCUT2D eigenvalue weighted by Gasteiger charge is -2.27. The van der Waals surface area contributed by atoms with Crippen molar-refractivity contribution >= 4 is 17.1 Å². The Balaban J connectivity index is 0.919. The van der Waals surface area contributed by atoms with Crippen LogP contribution in [0.4, 0.5) is 17.1 Å². The maximum Gasteiger partial charge on any atom is 0.0462 e. The lowest BCUT2D eigenvalue weighted by Crippen LogP contribution is -2.16. The molecule has 0 unspecified atom stereocenters. The van der Waals surface area contributed by atoms with Crippen LogP contribution in [0.1, 0.15) is 74.9 Å². The largest absolute Gasteiger partial charge is 0.311 e. The summed E-state index contributed by atoms with van der Waals surface area (Å²) >= 11 is 0. The van der Waals surface area contributed by atoms with Gasteiger partial charge in [0.1, 0.15) is 0 Å². The number of fused-ring (bicyclic) bond motifs is 9. The number of nitrogens with zero attached hydrogens (tertiary/aromatic N) is 1. The first-order valence-corrected chi connectivity index (χ1v) is 22.8. The number of hydrogen-bond donors (Lipinski definition) is 0. The van der Waals surface area contributed by atoms with Gasteiger partial charge in [0, 0.05) is 33.3 Å². The Morgan fingerprint density at radius 2 is 0.578 bits per heavy atom. The third-order valence-corrected chi connectivity index (χ3v) is 15.1. The van der Waals surface area contributed by atoms with Crippen LogP contribution in [0.3, 0.4) is 0 Å². The van der Waals surface area contributed by atoms with E-state index in [-0.39, 0.29) is 16.2 Å².